The van der Waals surface area contributed by atoms with Gasteiger partial charge in [0.2, 0.25) is 10.0 Å². The van der Waals surface area contributed by atoms with Gasteiger partial charge in [0.05, 0.1) is 32.1 Å². The summed E-state index contributed by atoms with van der Waals surface area (Å²) in [6.07, 6.45) is 0.133. The molecule has 1 aromatic carbocycles. The van der Waals surface area contributed by atoms with Gasteiger partial charge in [-0.1, -0.05) is 12.1 Å². The maximum atomic E-state index is 12.1. The molecule has 0 atom stereocenters. The third-order valence-corrected chi connectivity index (χ3v) is 4.20. The summed E-state index contributed by atoms with van der Waals surface area (Å²) in [6.45, 7) is 1.04. The molecule has 0 heterocycles. The van der Waals surface area contributed by atoms with E-state index < -0.39 is 16.0 Å². The van der Waals surface area contributed by atoms with Crippen LogP contribution in [0.2, 0.25) is 0 Å². The first-order chi connectivity index (χ1) is 9.31. The standard InChI is InChI=1S/C13H20N2O4S/c1-15(2)9-8-14-20(18,19)12-5-3-4-11(10-12)6-7-13(16)17/h3-5,10,14H,6-9H2,1-2H3,(H,16,17). The summed E-state index contributed by atoms with van der Waals surface area (Å²) < 4.78 is 26.6. The predicted octanol–water partition coefficient (Wildman–Crippen LogP) is -2.21. The smallest absolute Gasteiger partial charge is 0.240 e. The quantitative estimate of drug-likeness (QED) is 0.570. The molecular formula is C13H20N2O4S. The van der Waals surface area contributed by atoms with Gasteiger partial charge >= 0.3 is 0 Å². The van der Waals surface area contributed by atoms with E-state index in [1.165, 1.54) is 12.1 Å². The lowest BCUT2D eigenvalue weighted by atomic mass is 10.1. The molecule has 6 nitrogen and oxygen atoms in total. The molecule has 2 N–H and O–H groups in total. The van der Waals surface area contributed by atoms with Crippen molar-refractivity contribution in [3.8, 4) is 0 Å². The minimum atomic E-state index is -3.54. The van der Waals surface area contributed by atoms with Gasteiger partial charge in [-0.05, 0) is 30.5 Å². The van der Waals surface area contributed by atoms with Crippen LogP contribution in [0.3, 0.4) is 0 Å². The summed E-state index contributed by atoms with van der Waals surface area (Å²) in [5, 5.41) is 10.4. The van der Waals surface area contributed by atoms with Crippen LogP contribution in [0.5, 0.6) is 0 Å². The van der Waals surface area contributed by atoms with Gasteiger partial charge in [-0.25, -0.2) is 13.1 Å². The van der Waals surface area contributed by atoms with Crippen molar-refractivity contribution in [2.45, 2.75) is 17.7 Å². The fraction of sp³-hybridized carbons (Fsp3) is 0.462. The summed E-state index contributed by atoms with van der Waals surface area (Å²) in [5.74, 6) is -1.15. The third-order valence-electron chi connectivity index (χ3n) is 2.74. The Kier molecular flexibility index (Phi) is 6.12. The van der Waals surface area contributed by atoms with Crippen molar-refractivity contribution in [3.05, 3.63) is 29.8 Å². The Morgan fingerprint density at radius 1 is 1.35 bits per heavy atom. The van der Waals surface area contributed by atoms with Crippen LogP contribution in [-0.4, -0.2) is 41.6 Å². The number of likely N-dealkylation sites (N-methyl/N-ethyl adjacent to an activating group) is 1. The van der Waals surface area contributed by atoms with Crippen molar-refractivity contribution >= 4 is 16.0 Å². The number of rotatable bonds is 8. The molecule has 0 radical (unpaired) electrons. The first kappa shape index (κ1) is 16.6. The molecule has 0 aliphatic carbocycles. The van der Waals surface area contributed by atoms with E-state index in [9.17, 15) is 18.3 Å². The van der Waals surface area contributed by atoms with Gasteiger partial charge in [0.15, 0.2) is 0 Å². The Morgan fingerprint density at radius 2 is 2.05 bits per heavy atom. The van der Waals surface area contributed by atoms with Crippen LogP contribution in [0.15, 0.2) is 29.2 Å². The van der Waals surface area contributed by atoms with E-state index in [4.69, 9.17) is 0 Å². The highest BCUT2D eigenvalue weighted by Gasteiger charge is 2.14. The van der Waals surface area contributed by atoms with Crippen LogP contribution >= 0.6 is 0 Å². The number of carboxylic acids is 1. The van der Waals surface area contributed by atoms with Gasteiger partial charge in [-0.2, -0.15) is 0 Å². The summed E-state index contributed by atoms with van der Waals surface area (Å²) in [7, 11) is 0.335. The second kappa shape index (κ2) is 7.37. The number of hydrogen-bond acceptors (Lipinski definition) is 4. The number of quaternary nitrogens is 1. The molecule has 0 spiro atoms. The number of carbonyl (C=O) groups excluding carboxylic acids is 1. The fourth-order valence-corrected chi connectivity index (χ4v) is 2.73. The molecule has 112 valence electrons. The number of hydrogen-bond donors (Lipinski definition) is 2. The molecule has 1 aromatic rings. The van der Waals surface area contributed by atoms with Crippen LogP contribution in [0.25, 0.3) is 0 Å². The van der Waals surface area contributed by atoms with Crippen LogP contribution in [0.1, 0.15) is 12.0 Å². The van der Waals surface area contributed by atoms with E-state index in [0.717, 1.165) is 4.90 Å². The fourth-order valence-electron chi connectivity index (χ4n) is 1.63. The van der Waals surface area contributed by atoms with Crippen molar-refractivity contribution in [2.75, 3.05) is 27.2 Å². The lowest BCUT2D eigenvalue weighted by Crippen LogP contribution is -3.06. The van der Waals surface area contributed by atoms with Gasteiger partial charge in [0.25, 0.3) is 0 Å². The van der Waals surface area contributed by atoms with E-state index in [0.29, 0.717) is 18.7 Å². The molecule has 0 aromatic heterocycles. The summed E-state index contributed by atoms with van der Waals surface area (Å²) in [6, 6.07) is 6.30. The molecular weight excluding hydrogens is 280 g/mol. The first-order valence-corrected chi connectivity index (χ1v) is 7.87. The lowest BCUT2D eigenvalue weighted by molar-refractivity contribution is -0.856. The highest BCUT2D eigenvalue weighted by molar-refractivity contribution is 7.89. The molecule has 7 heteroatoms. The van der Waals surface area contributed by atoms with Gasteiger partial charge in [-0.15, -0.1) is 0 Å². The molecule has 0 amide bonds. The van der Waals surface area contributed by atoms with E-state index in [1.807, 2.05) is 14.1 Å². The van der Waals surface area contributed by atoms with Gasteiger partial charge in [0, 0.05) is 5.97 Å². The Bertz CT molecular complexity index is 555. The van der Waals surface area contributed by atoms with Crippen LogP contribution in [0, 0.1) is 0 Å². The monoisotopic (exact) mass is 300 g/mol. The topological polar surface area (TPSA) is 90.7 Å². The maximum absolute atomic E-state index is 12.1. The second-order valence-electron chi connectivity index (χ2n) is 4.87. The zero-order valence-corrected chi connectivity index (χ0v) is 12.5. The van der Waals surface area contributed by atoms with Crippen molar-refractivity contribution in [1.82, 2.24) is 4.72 Å². The van der Waals surface area contributed by atoms with Crippen LogP contribution in [-0.2, 0) is 21.2 Å². The molecule has 0 saturated heterocycles. The highest BCUT2D eigenvalue weighted by Crippen LogP contribution is 2.12. The second-order valence-corrected chi connectivity index (χ2v) is 6.64. The van der Waals surface area contributed by atoms with Crippen molar-refractivity contribution in [3.63, 3.8) is 0 Å². The molecule has 20 heavy (non-hydrogen) atoms. The van der Waals surface area contributed by atoms with Crippen molar-refractivity contribution in [2.24, 2.45) is 0 Å². The largest absolute Gasteiger partial charge is 0.550 e. The number of carbonyl (C=O) groups is 1. The molecule has 0 saturated carbocycles. The number of benzene rings is 1. The van der Waals surface area contributed by atoms with E-state index >= 15 is 0 Å². The lowest BCUT2D eigenvalue weighted by Gasteiger charge is -2.10. The average molecular weight is 300 g/mol. The number of nitrogens with one attached hydrogen (secondary N) is 2. The normalized spacial score (nSPS) is 11.8. The molecule has 0 aliphatic rings. The number of sulfonamides is 1. The minimum absolute atomic E-state index is 0.124. The molecule has 0 unspecified atom stereocenters. The zero-order chi connectivity index (χ0) is 15.2. The maximum Gasteiger partial charge on any atom is 0.240 e. The molecule has 1 rings (SSSR count). The van der Waals surface area contributed by atoms with Gasteiger partial charge in [0.1, 0.15) is 0 Å². The van der Waals surface area contributed by atoms with E-state index in [2.05, 4.69) is 4.72 Å². The first-order valence-electron chi connectivity index (χ1n) is 6.39. The Balaban J connectivity index is 2.74. The summed E-state index contributed by atoms with van der Waals surface area (Å²) >= 11 is 0. The number of aliphatic carboxylic acids is 1. The highest BCUT2D eigenvalue weighted by atomic mass is 32.2. The zero-order valence-electron chi connectivity index (χ0n) is 11.7. The number of carboxylic acid groups (broad SMARTS) is 1. The van der Waals surface area contributed by atoms with Gasteiger partial charge < -0.3 is 14.8 Å². The SMILES string of the molecule is C[NH+](C)CCNS(=O)(=O)c1cccc(CCC(=O)[O-])c1. The molecule has 0 fully saturated rings. The van der Waals surface area contributed by atoms with Crippen molar-refractivity contribution < 1.29 is 23.2 Å². The van der Waals surface area contributed by atoms with Gasteiger partial charge in [-0.3, -0.25) is 0 Å². The van der Waals surface area contributed by atoms with Crippen LogP contribution < -0.4 is 14.7 Å². The van der Waals surface area contributed by atoms with E-state index in [-0.39, 0.29) is 17.7 Å². The Morgan fingerprint density at radius 3 is 2.65 bits per heavy atom. The van der Waals surface area contributed by atoms with Crippen LogP contribution in [0.4, 0.5) is 0 Å². The third kappa shape index (κ3) is 5.68. The molecule has 0 bridgehead atoms. The number of aryl methyl sites for hydroxylation is 1. The molecule has 0 aliphatic heterocycles. The summed E-state index contributed by atoms with van der Waals surface area (Å²) in [4.78, 5) is 11.7. The average Bonchev–Trinajstić information content (AvgIpc) is 2.36. The Hall–Kier alpha value is -1.44. The van der Waals surface area contributed by atoms with E-state index in [1.54, 1.807) is 12.1 Å². The summed E-state index contributed by atoms with van der Waals surface area (Å²) in [5.41, 5.74) is 0.662. The minimum Gasteiger partial charge on any atom is -0.550 e. The van der Waals surface area contributed by atoms with Crippen molar-refractivity contribution in [1.29, 1.82) is 0 Å². The predicted molar refractivity (Wildman–Crippen MR) is 72.6 cm³/mol. The Labute approximate surface area is 119 Å².